The fraction of sp³-hybridized carbons (Fsp3) is 0.625. The average Bonchev–Trinajstić information content (AvgIpc) is 2.45. The summed E-state index contributed by atoms with van der Waals surface area (Å²) in [6.07, 6.45) is 1.81. The van der Waals surface area contributed by atoms with Crippen LogP contribution in [0.1, 0.15) is 18.5 Å². The Morgan fingerprint density at radius 3 is 2.73 bits per heavy atom. The van der Waals surface area contributed by atoms with Crippen LogP contribution in [0.4, 0.5) is 0 Å². The summed E-state index contributed by atoms with van der Waals surface area (Å²) in [4.78, 5) is 2.28. The maximum atomic E-state index is 11.5. The molecule has 1 fully saturated rings. The molecule has 0 bridgehead atoms. The second-order valence-electron chi connectivity index (χ2n) is 6.01. The quantitative estimate of drug-likeness (QED) is 0.857. The number of morpholine rings is 1. The molecule has 1 N–H and O–H groups in total. The Balaban J connectivity index is 2.15. The topological polar surface area (TPSA) is 41.6 Å². The minimum atomic E-state index is -0.819. The van der Waals surface area contributed by atoms with Crippen LogP contribution >= 0.6 is 11.6 Å². The number of hydrogen-bond donors (Lipinski definition) is 1. The number of rotatable bonds is 6. The van der Waals surface area contributed by atoms with Gasteiger partial charge in [0.1, 0.15) is 0 Å². The second-order valence-corrected chi connectivity index (χ2v) is 7.92. The van der Waals surface area contributed by atoms with Crippen LogP contribution in [-0.2, 0) is 15.5 Å². The zero-order chi connectivity index (χ0) is 16.1. The van der Waals surface area contributed by atoms with Gasteiger partial charge in [0.25, 0.3) is 0 Å². The van der Waals surface area contributed by atoms with Crippen molar-refractivity contribution in [3.05, 3.63) is 34.9 Å². The second kappa shape index (κ2) is 8.41. The summed E-state index contributed by atoms with van der Waals surface area (Å²) in [6.45, 7) is 4.64. The van der Waals surface area contributed by atoms with Crippen molar-refractivity contribution >= 4 is 22.4 Å². The van der Waals surface area contributed by atoms with Crippen LogP contribution in [0.3, 0.4) is 0 Å². The van der Waals surface area contributed by atoms with Gasteiger partial charge in [-0.15, -0.1) is 0 Å². The van der Waals surface area contributed by atoms with Crippen molar-refractivity contribution in [2.45, 2.75) is 25.1 Å². The molecule has 0 unspecified atom stereocenters. The first kappa shape index (κ1) is 17.9. The smallest absolute Gasteiger partial charge is 0.0896 e. The molecule has 1 aromatic rings. The minimum absolute atomic E-state index is 0.0681. The van der Waals surface area contributed by atoms with E-state index in [2.05, 4.69) is 24.2 Å². The number of nitrogens with zero attached hydrogens (tertiary/aromatic N) is 1. The third-order valence-electron chi connectivity index (χ3n) is 3.85. The Morgan fingerprint density at radius 1 is 1.45 bits per heavy atom. The molecule has 1 aromatic carbocycles. The van der Waals surface area contributed by atoms with Gasteiger partial charge in [-0.1, -0.05) is 23.7 Å². The highest BCUT2D eigenvalue weighted by molar-refractivity contribution is 7.84. The number of nitrogens with one attached hydrogen (secondary N) is 1. The van der Waals surface area contributed by atoms with Crippen LogP contribution in [-0.4, -0.2) is 60.0 Å². The summed E-state index contributed by atoms with van der Waals surface area (Å²) in [5.41, 5.74) is 1.15. The fourth-order valence-electron chi connectivity index (χ4n) is 2.81. The summed E-state index contributed by atoms with van der Waals surface area (Å²) in [5, 5.41) is 4.32. The zero-order valence-corrected chi connectivity index (χ0v) is 15.0. The van der Waals surface area contributed by atoms with Crippen molar-refractivity contribution in [3.63, 3.8) is 0 Å². The van der Waals surface area contributed by atoms with Gasteiger partial charge in [-0.25, -0.2) is 0 Å². The number of halogens is 1. The van der Waals surface area contributed by atoms with Gasteiger partial charge in [-0.3, -0.25) is 4.21 Å². The summed E-state index contributed by atoms with van der Waals surface area (Å²) >= 11 is 6.00. The summed E-state index contributed by atoms with van der Waals surface area (Å²) in [7, 11) is 1.29. The molecule has 1 saturated heterocycles. The lowest BCUT2D eigenvalue weighted by Crippen LogP contribution is -2.49. The Hall–Kier alpha value is -0.460. The van der Waals surface area contributed by atoms with Crippen LogP contribution in [0.2, 0.25) is 5.02 Å². The summed E-state index contributed by atoms with van der Waals surface area (Å²) < 4.78 is 17.4. The van der Waals surface area contributed by atoms with Crippen molar-refractivity contribution in [1.82, 2.24) is 10.2 Å². The van der Waals surface area contributed by atoms with E-state index in [1.807, 2.05) is 24.3 Å². The van der Waals surface area contributed by atoms with E-state index in [9.17, 15) is 4.21 Å². The Kier molecular flexibility index (Phi) is 6.84. The molecule has 0 aromatic heterocycles. The van der Waals surface area contributed by atoms with Crippen molar-refractivity contribution in [2.24, 2.45) is 0 Å². The molecule has 0 aliphatic carbocycles. The molecule has 0 radical (unpaired) electrons. The number of benzene rings is 1. The van der Waals surface area contributed by atoms with Gasteiger partial charge in [0, 0.05) is 47.0 Å². The number of hydrogen-bond acceptors (Lipinski definition) is 4. The molecule has 4 nitrogen and oxygen atoms in total. The fourth-order valence-corrected chi connectivity index (χ4v) is 3.73. The van der Waals surface area contributed by atoms with E-state index in [1.165, 1.54) is 0 Å². The minimum Gasteiger partial charge on any atom is -0.374 e. The molecule has 22 heavy (non-hydrogen) atoms. The van der Waals surface area contributed by atoms with Crippen LogP contribution in [0, 0.1) is 0 Å². The SMILES string of the molecule is C[C@H](C[S@](C)=O)N[C@H](c1ccc(Cl)cc1)[C@H]1CN(C)CCO1. The van der Waals surface area contributed by atoms with E-state index in [0.717, 1.165) is 30.3 Å². The lowest BCUT2D eigenvalue weighted by atomic mass is 9.99. The maximum Gasteiger partial charge on any atom is 0.0896 e. The largest absolute Gasteiger partial charge is 0.374 e. The molecular weight excluding hydrogens is 320 g/mol. The van der Waals surface area contributed by atoms with E-state index in [-0.39, 0.29) is 18.2 Å². The Morgan fingerprint density at radius 2 is 2.14 bits per heavy atom. The lowest BCUT2D eigenvalue weighted by Gasteiger charge is -2.37. The van der Waals surface area contributed by atoms with E-state index in [0.29, 0.717) is 5.75 Å². The zero-order valence-electron chi connectivity index (χ0n) is 13.4. The molecule has 2 rings (SSSR count). The monoisotopic (exact) mass is 344 g/mol. The van der Waals surface area contributed by atoms with Gasteiger partial charge in [0.05, 0.1) is 18.8 Å². The third kappa shape index (κ3) is 5.32. The molecule has 4 atom stereocenters. The first-order valence-electron chi connectivity index (χ1n) is 7.57. The highest BCUT2D eigenvalue weighted by atomic mass is 35.5. The molecule has 0 amide bonds. The molecular formula is C16H25ClN2O2S. The molecule has 1 aliphatic heterocycles. The normalized spacial score (nSPS) is 23.9. The van der Waals surface area contributed by atoms with E-state index < -0.39 is 10.8 Å². The predicted molar refractivity (Wildman–Crippen MR) is 93.0 cm³/mol. The van der Waals surface area contributed by atoms with Gasteiger partial charge in [-0.2, -0.15) is 0 Å². The molecule has 124 valence electrons. The predicted octanol–water partition coefficient (Wildman–Crippen LogP) is 2.07. The molecule has 1 heterocycles. The van der Waals surface area contributed by atoms with Gasteiger partial charge in [-0.05, 0) is 31.7 Å². The summed E-state index contributed by atoms with van der Waals surface area (Å²) in [5.74, 6) is 0.632. The van der Waals surface area contributed by atoms with Crippen LogP contribution < -0.4 is 5.32 Å². The maximum absolute atomic E-state index is 11.5. The first-order valence-corrected chi connectivity index (χ1v) is 9.68. The van der Waals surface area contributed by atoms with Crippen molar-refractivity contribution in [3.8, 4) is 0 Å². The van der Waals surface area contributed by atoms with Gasteiger partial charge in [0.15, 0.2) is 0 Å². The first-order chi connectivity index (χ1) is 10.5. The average molecular weight is 345 g/mol. The third-order valence-corrected chi connectivity index (χ3v) is 5.07. The molecule has 1 aliphatic rings. The van der Waals surface area contributed by atoms with Gasteiger partial charge in [0.2, 0.25) is 0 Å². The van der Waals surface area contributed by atoms with Crippen LogP contribution in [0.15, 0.2) is 24.3 Å². The Labute approximate surface area is 140 Å². The lowest BCUT2D eigenvalue weighted by molar-refractivity contribution is -0.0405. The van der Waals surface area contributed by atoms with Crippen LogP contribution in [0.25, 0.3) is 0 Å². The van der Waals surface area contributed by atoms with Gasteiger partial charge < -0.3 is 15.0 Å². The summed E-state index contributed by atoms with van der Waals surface area (Å²) in [6, 6.07) is 8.10. The molecule has 0 spiro atoms. The van der Waals surface area contributed by atoms with E-state index in [1.54, 1.807) is 6.26 Å². The highest BCUT2D eigenvalue weighted by Crippen LogP contribution is 2.24. The van der Waals surface area contributed by atoms with E-state index in [4.69, 9.17) is 16.3 Å². The van der Waals surface area contributed by atoms with Crippen molar-refractivity contribution in [2.75, 3.05) is 38.8 Å². The molecule has 0 saturated carbocycles. The van der Waals surface area contributed by atoms with Crippen molar-refractivity contribution < 1.29 is 8.95 Å². The number of likely N-dealkylation sites (N-methyl/N-ethyl adjacent to an activating group) is 1. The molecule has 6 heteroatoms. The number of ether oxygens (including phenoxy) is 1. The van der Waals surface area contributed by atoms with E-state index >= 15 is 0 Å². The Bertz CT molecular complexity index is 497. The van der Waals surface area contributed by atoms with Crippen LogP contribution in [0.5, 0.6) is 0 Å². The highest BCUT2D eigenvalue weighted by Gasteiger charge is 2.29. The van der Waals surface area contributed by atoms with Crippen molar-refractivity contribution in [1.29, 1.82) is 0 Å². The standard InChI is InChI=1S/C16H25ClN2O2S/c1-12(11-22(3)20)18-16(13-4-6-14(17)7-5-13)15-10-19(2)8-9-21-15/h4-7,12,15-16,18H,8-11H2,1-3H3/t12-,15-,16-,22+/m1/s1. The van der Waals surface area contributed by atoms with Gasteiger partial charge >= 0.3 is 0 Å².